The molecule has 0 N–H and O–H groups in total. The molecule has 0 saturated carbocycles. The van der Waals surface area contributed by atoms with Gasteiger partial charge in [0.1, 0.15) is 0 Å². The van der Waals surface area contributed by atoms with Crippen molar-refractivity contribution in [3.63, 3.8) is 0 Å². The number of ether oxygens (including phenoxy) is 1. The van der Waals surface area contributed by atoms with Gasteiger partial charge < -0.3 is 0 Å². The van der Waals surface area contributed by atoms with Crippen molar-refractivity contribution in [2.45, 2.75) is 38.4 Å². The molecular weight excluding hydrogens is 295 g/mol. The van der Waals surface area contributed by atoms with Gasteiger partial charge in [-0.25, -0.2) is 0 Å². The number of rotatable bonds is 1. The van der Waals surface area contributed by atoms with Crippen molar-refractivity contribution in [2.75, 3.05) is 0 Å². The number of carbonyl (C=O) groups excluding carboxylic acids is 1. The van der Waals surface area contributed by atoms with Crippen LogP contribution in [0.15, 0.2) is 12.2 Å². The molecule has 2 aliphatic heterocycles. The molecule has 0 amide bonds. The molecule has 84 valence electrons. The van der Waals surface area contributed by atoms with E-state index in [0.29, 0.717) is 5.78 Å². The normalized spacial score (nSPS) is 44.9. The van der Waals surface area contributed by atoms with E-state index in [-0.39, 0.29) is 21.6 Å². The van der Waals surface area contributed by atoms with E-state index < -0.39 is 18.4 Å². The molecule has 2 heterocycles. The molecule has 0 aromatic heterocycles. The maximum atomic E-state index is 12.2. The van der Waals surface area contributed by atoms with Gasteiger partial charge in [-0.1, -0.05) is 0 Å². The number of Topliss-reactive ketones (excluding diaryl/α,β-unsaturated/α-hetero) is 1. The van der Waals surface area contributed by atoms with Gasteiger partial charge in [-0.3, -0.25) is 0 Å². The average Bonchev–Trinajstić information content (AvgIpc) is 2.54. The summed E-state index contributed by atoms with van der Waals surface area (Å²) in [5.74, 6) is 0.488. The molecule has 0 aromatic carbocycles. The van der Waals surface area contributed by atoms with Crippen molar-refractivity contribution in [3.05, 3.63) is 12.2 Å². The fourth-order valence-corrected chi connectivity index (χ4v) is 10.1. The van der Waals surface area contributed by atoms with Crippen molar-refractivity contribution < 1.29 is 9.53 Å². The van der Waals surface area contributed by atoms with Crippen LogP contribution in [0, 0.1) is 11.8 Å². The molecule has 2 bridgehead atoms. The molecule has 1 saturated heterocycles. The van der Waals surface area contributed by atoms with Crippen LogP contribution >= 0.6 is 0 Å². The van der Waals surface area contributed by atoms with Crippen LogP contribution in [0.1, 0.15) is 13.8 Å². The summed E-state index contributed by atoms with van der Waals surface area (Å²) in [6.07, 6.45) is 4.37. The zero-order valence-electron chi connectivity index (χ0n) is 10.2. The van der Waals surface area contributed by atoms with Crippen molar-refractivity contribution in [2.24, 2.45) is 11.8 Å². The minimum atomic E-state index is -2.29. The van der Waals surface area contributed by atoms with E-state index in [2.05, 4.69) is 27.0 Å². The first-order valence-corrected chi connectivity index (χ1v) is 15.7. The van der Waals surface area contributed by atoms with E-state index in [1.54, 1.807) is 0 Å². The molecule has 1 fully saturated rings. The summed E-state index contributed by atoms with van der Waals surface area (Å²) in [6.45, 7) is 4.04. The SMILES string of the molecule is C[C@@H]1C(=O)[C@H](C)[C@]2([Sn]([CH3])([CH3])[CH3])C=C[C@@H]1O2. The molecule has 4 atom stereocenters. The van der Waals surface area contributed by atoms with E-state index in [0.717, 1.165) is 0 Å². The first-order valence-electron chi connectivity index (χ1n) is 5.70. The second kappa shape index (κ2) is 3.33. The molecular formula is C12H20O2Sn. The minimum absolute atomic E-state index is 0.0421. The van der Waals surface area contributed by atoms with Gasteiger partial charge in [0.2, 0.25) is 0 Å². The molecule has 0 unspecified atom stereocenters. The standard InChI is InChI=1S/C9H11O2.3CH3.Sn/c1-5-7-3-4-8(11-7)6(2)9(5)10;;;;/h3-7H,1-2H3;3*1H3;/t5-,6+,7-;;;;/m0..../s1. The third kappa shape index (κ3) is 1.44. The second-order valence-corrected chi connectivity index (χ2v) is 21.0. The van der Waals surface area contributed by atoms with Crippen LogP contribution in [0.4, 0.5) is 0 Å². The predicted octanol–water partition coefficient (Wildman–Crippen LogP) is 2.41. The van der Waals surface area contributed by atoms with E-state index in [1.165, 1.54) is 0 Å². The van der Waals surface area contributed by atoms with Crippen LogP contribution in [0.2, 0.25) is 14.8 Å². The van der Waals surface area contributed by atoms with Crippen molar-refractivity contribution in [1.82, 2.24) is 0 Å². The first-order chi connectivity index (χ1) is 6.79. The van der Waals surface area contributed by atoms with Gasteiger partial charge in [0, 0.05) is 0 Å². The Kier molecular flexibility index (Phi) is 2.58. The Hall–Kier alpha value is 0.169. The number of ketones is 1. The molecule has 3 heteroatoms. The number of hydrogen-bond acceptors (Lipinski definition) is 2. The zero-order valence-corrected chi connectivity index (χ0v) is 13.1. The van der Waals surface area contributed by atoms with Gasteiger partial charge in [0.15, 0.2) is 0 Å². The Bertz CT molecular complexity index is 329. The van der Waals surface area contributed by atoms with Gasteiger partial charge in [-0.15, -0.1) is 0 Å². The van der Waals surface area contributed by atoms with E-state index in [9.17, 15) is 4.79 Å². The molecule has 2 nitrogen and oxygen atoms in total. The van der Waals surface area contributed by atoms with Gasteiger partial charge in [-0.05, 0) is 0 Å². The Morgan fingerprint density at radius 2 is 1.93 bits per heavy atom. The molecule has 0 radical (unpaired) electrons. The van der Waals surface area contributed by atoms with Gasteiger partial charge in [-0.2, -0.15) is 0 Å². The maximum absolute atomic E-state index is 12.2. The van der Waals surface area contributed by atoms with Crippen LogP contribution in [-0.2, 0) is 9.53 Å². The fourth-order valence-electron chi connectivity index (χ4n) is 2.90. The van der Waals surface area contributed by atoms with Gasteiger partial charge in [0.25, 0.3) is 0 Å². The monoisotopic (exact) mass is 316 g/mol. The summed E-state index contributed by atoms with van der Waals surface area (Å²) < 4.78 is 6.03. The summed E-state index contributed by atoms with van der Waals surface area (Å²) in [6, 6.07) is 0. The molecule has 2 rings (SSSR count). The predicted molar refractivity (Wildman–Crippen MR) is 63.4 cm³/mol. The fraction of sp³-hybridized carbons (Fsp3) is 0.750. The number of hydrogen-bond donors (Lipinski definition) is 0. The average molecular weight is 315 g/mol. The molecule has 2 aliphatic rings. The van der Waals surface area contributed by atoms with E-state index in [1.807, 2.05) is 13.8 Å². The Balaban J connectivity index is 2.45. The summed E-state index contributed by atoms with van der Waals surface area (Å²) in [5.41, 5.74) is 0. The number of carbonyl (C=O) groups is 1. The van der Waals surface area contributed by atoms with Crippen molar-refractivity contribution >= 4 is 24.2 Å². The summed E-state index contributed by atoms with van der Waals surface area (Å²) in [5, 5.41) is 0. The van der Waals surface area contributed by atoms with Crippen LogP contribution in [0.5, 0.6) is 0 Å². The first kappa shape index (κ1) is 11.6. The van der Waals surface area contributed by atoms with Crippen molar-refractivity contribution in [1.29, 1.82) is 0 Å². The summed E-state index contributed by atoms with van der Waals surface area (Å²) in [7, 11) is 0. The molecule has 0 spiro atoms. The van der Waals surface area contributed by atoms with Crippen LogP contribution < -0.4 is 0 Å². The second-order valence-electron chi connectivity index (χ2n) is 5.90. The summed E-state index contributed by atoms with van der Waals surface area (Å²) >= 11 is -2.29. The number of fused-ring (bicyclic) bond motifs is 2. The van der Waals surface area contributed by atoms with Gasteiger partial charge >= 0.3 is 96.1 Å². The Morgan fingerprint density at radius 1 is 1.33 bits per heavy atom. The Morgan fingerprint density at radius 3 is 2.47 bits per heavy atom. The Labute approximate surface area is 95.9 Å². The van der Waals surface area contributed by atoms with E-state index >= 15 is 0 Å². The zero-order chi connectivity index (χ0) is 11.4. The molecule has 0 aromatic rings. The van der Waals surface area contributed by atoms with Crippen molar-refractivity contribution in [3.8, 4) is 0 Å². The third-order valence-electron chi connectivity index (χ3n) is 4.05. The van der Waals surface area contributed by atoms with Gasteiger partial charge in [0.05, 0.1) is 0 Å². The van der Waals surface area contributed by atoms with Crippen LogP contribution in [0.3, 0.4) is 0 Å². The van der Waals surface area contributed by atoms with E-state index in [4.69, 9.17) is 4.74 Å². The third-order valence-corrected chi connectivity index (χ3v) is 12.8. The van der Waals surface area contributed by atoms with Crippen LogP contribution in [-0.4, -0.2) is 33.9 Å². The topological polar surface area (TPSA) is 26.3 Å². The molecule has 0 aliphatic carbocycles. The summed E-state index contributed by atoms with van der Waals surface area (Å²) in [4.78, 5) is 19.2. The quantitative estimate of drug-likeness (QED) is 0.549. The van der Waals surface area contributed by atoms with Crippen LogP contribution in [0.25, 0.3) is 0 Å². The molecule has 15 heavy (non-hydrogen) atoms.